The summed E-state index contributed by atoms with van der Waals surface area (Å²) in [5, 5.41) is 3.66. The predicted octanol–water partition coefficient (Wildman–Crippen LogP) is 5.75. The van der Waals surface area contributed by atoms with Crippen molar-refractivity contribution < 1.29 is 17.9 Å². The van der Waals surface area contributed by atoms with Crippen LogP contribution in [0.25, 0.3) is 10.1 Å². The summed E-state index contributed by atoms with van der Waals surface area (Å²) >= 11 is 4.66. The quantitative estimate of drug-likeness (QED) is 0.344. The molecule has 0 saturated carbocycles. The van der Waals surface area contributed by atoms with Crippen molar-refractivity contribution in [2.24, 2.45) is 0 Å². The Balaban J connectivity index is 1.59. The van der Waals surface area contributed by atoms with Gasteiger partial charge in [-0.25, -0.2) is 8.42 Å². The Morgan fingerprint density at radius 3 is 2.50 bits per heavy atom. The maximum absolute atomic E-state index is 13.0. The lowest BCUT2D eigenvalue weighted by molar-refractivity contribution is 0.103. The highest BCUT2D eigenvalue weighted by Gasteiger charge is 2.22. The number of nitrogens with zero attached hydrogens (tertiary/aromatic N) is 1. The van der Waals surface area contributed by atoms with Gasteiger partial charge in [0.05, 0.1) is 22.6 Å². The number of hydrogen-bond donors (Lipinski definition) is 1. The molecule has 164 valence electrons. The zero-order valence-corrected chi connectivity index (χ0v) is 20.4. The number of rotatable bonds is 6. The Hall–Kier alpha value is -2.88. The zero-order valence-electron chi connectivity index (χ0n) is 17.2. The van der Waals surface area contributed by atoms with Crippen LogP contribution in [0.4, 0.5) is 11.4 Å². The van der Waals surface area contributed by atoms with E-state index >= 15 is 0 Å². The Bertz CT molecular complexity index is 1400. The summed E-state index contributed by atoms with van der Waals surface area (Å²) in [4.78, 5) is 13.4. The summed E-state index contributed by atoms with van der Waals surface area (Å²) in [7, 11) is -0.626. The number of fused-ring (bicyclic) bond motifs is 1. The number of thiophene rings is 1. The molecule has 0 bridgehead atoms. The molecule has 3 aromatic carbocycles. The fourth-order valence-electron chi connectivity index (χ4n) is 3.14. The molecule has 9 heteroatoms. The number of sulfonamides is 1. The summed E-state index contributed by atoms with van der Waals surface area (Å²) < 4.78 is 34.1. The Morgan fingerprint density at radius 1 is 1.03 bits per heavy atom. The maximum Gasteiger partial charge on any atom is 0.265 e. The first kappa shape index (κ1) is 22.3. The number of carbonyl (C=O) groups is 1. The summed E-state index contributed by atoms with van der Waals surface area (Å²) in [6.07, 6.45) is 0. The van der Waals surface area contributed by atoms with E-state index in [1.807, 2.05) is 6.07 Å². The molecule has 32 heavy (non-hydrogen) atoms. The second-order valence-electron chi connectivity index (χ2n) is 6.95. The SMILES string of the molecule is COc1cccc(NC(=O)c2cc3cc(N(C)S(=O)(=O)c4ccc(Br)cc4)ccc3s2)c1. The van der Waals surface area contributed by atoms with Crippen molar-refractivity contribution in [2.45, 2.75) is 4.90 Å². The highest BCUT2D eigenvalue weighted by molar-refractivity contribution is 9.10. The summed E-state index contributed by atoms with van der Waals surface area (Å²) in [5.41, 5.74) is 1.14. The average molecular weight is 531 g/mol. The van der Waals surface area contributed by atoms with Crippen LogP contribution in [0.2, 0.25) is 0 Å². The molecule has 0 radical (unpaired) electrons. The molecule has 6 nitrogen and oxygen atoms in total. The van der Waals surface area contributed by atoms with Gasteiger partial charge in [0.25, 0.3) is 15.9 Å². The van der Waals surface area contributed by atoms with Gasteiger partial charge < -0.3 is 10.1 Å². The monoisotopic (exact) mass is 530 g/mol. The van der Waals surface area contributed by atoms with Gasteiger partial charge >= 0.3 is 0 Å². The van der Waals surface area contributed by atoms with E-state index in [0.717, 1.165) is 14.6 Å². The predicted molar refractivity (Wildman–Crippen MR) is 133 cm³/mol. The molecule has 0 atom stereocenters. The first-order valence-corrected chi connectivity index (χ1v) is 12.6. The largest absolute Gasteiger partial charge is 0.497 e. The molecule has 1 heterocycles. The van der Waals surface area contributed by atoms with Gasteiger partial charge in [-0.2, -0.15) is 0 Å². The van der Waals surface area contributed by atoms with Gasteiger partial charge in [-0.15, -0.1) is 11.3 Å². The highest BCUT2D eigenvalue weighted by atomic mass is 79.9. The molecule has 0 aliphatic heterocycles. The van der Waals surface area contributed by atoms with Crippen molar-refractivity contribution in [3.63, 3.8) is 0 Å². The normalized spacial score (nSPS) is 11.3. The van der Waals surface area contributed by atoms with Crippen LogP contribution >= 0.6 is 27.3 Å². The maximum atomic E-state index is 13.0. The second kappa shape index (κ2) is 8.93. The minimum Gasteiger partial charge on any atom is -0.497 e. The van der Waals surface area contributed by atoms with Crippen molar-refractivity contribution in [3.8, 4) is 5.75 Å². The molecule has 0 fully saturated rings. The number of anilines is 2. The van der Waals surface area contributed by atoms with Crippen molar-refractivity contribution in [3.05, 3.63) is 82.1 Å². The lowest BCUT2D eigenvalue weighted by atomic mass is 10.2. The molecule has 0 unspecified atom stereocenters. The molecule has 1 aromatic heterocycles. The molecule has 0 aliphatic rings. The van der Waals surface area contributed by atoms with Crippen molar-refractivity contribution >= 4 is 64.7 Å². The minimum atomic E-state index is -3.71. The van der Waals surface area contributed by atoms with Crippen LogP contribution in [-0.4, -0.2) is 28.5 Å². The summed E-state index contributed by atoms with van der Waals surface area (Å²) in [6.45, 7) is 0. The van der Waals surface area contributed by atoms with Gasteiger partial charge in [0, 0.05) is 28.0 Å². The van der Waals surface area contributed by atoms with E-state index in [9.17, 15) is 13.2 Å². The average Bonchev–Trinajstić information content (AvgIpc) is 3.22. The van der Waals surface area contributed by atoms with Crippen LogP contribution in [-0.2, 0) is 10.0 Å². The standard InChI is InChI=1S/C23H19BrN2O4S2/c1-26(32(28,29)20-9-6-16(24)7-10-20)18-8-11-21-15(12-18)13-22(31-21)23(27)25-17-4-3-5-19(14-17)30-2/h3-14H,1-2H3,(H,25,27). The van der Waals surface area contributed by atoms with Crippen LogP contribution in [0.1, 0.15) is 9.67 Å². The fourth-order valence-corrected chi connectivity index (χ4v) is 5.53. The molecule has 1 amide bonds. The van der Waals surface area contributed by atoms with Crippen LogP contribution in [0.3, 0.4) is 0 Å². The van der Waals surface area contributed by atoms with E-state index in [1.165, 1.54) is 22.7 Å². The van der Waals surface area contributed by atoms with Crippen LogP contribution in [0, 0.1) is 0 Å². The van der Waals surface area contributed by atoms with E-state index in [4.69, 9.17) is 4.74 Å². The number of methoxy groups -OCH3 is 1. The van der Waals surface area contributed by atoms with Crippen LogP contribution in [0.5, 0.6) is 5.75 Å². The molecule has 0 spiro atoms. The highest BCUT2D eigenvalue weighted by Crippen LogP contribution is 2.32. The molecular weight excluding hydrogens is 512 g/mol. The van der Waals surface area contributed by atoms with Crippen molar-refractivity contribution in [2.75, 3.05) is 23.8 Å². The van der Waals surface area contributed by atoms with E-state index in [-0.39, 0.29) is 10.8 Å². The lowest BCUT2D eigenvalue weighted by Gasteiger charge is -2.19. The molecule has 1 N–H and O–H groups in total. The number of amides is 1. The third-order valence-corrected chi connectivity index (χ3v) is 8.33. The van der Waals surface area contributed by atoms with Gasteiger partial charge in [-0.05, 0) is 66.0 Å². The third-order valence-electron chi connectivity index (χ3n) is 4.89. The van der Waals surface area contributed by atoms with Gasteiger partial charge in [0.15, 0.2) is 0 Å². The number of ether oxygens (including phenoxy) is 1. The Kier molecular flexibility index (Phi) is 6.23. The Labute approximate surface area is 198 Å². The van der Waals surface area contributed by atoms with Crippen molar-refractivity contribution in [1.29, 1.82) is 0 Å². The molecule has 0 aliphatic carbocycles. The number of hydrogen-bond acceptors (Lipinski definition) is 5. The lowest BCUT2D eigenvalue weighted by Crippen LogP contribution is -2.26. The molecule has 0 saturated heterocycles. The topological polar surface area (TPSA) is 75.7 Å². The number of halogens is 1. The Morgan fingerprint density at radius 2 is 1.78 bits per heavy atom. The first-order valence-electron chi connectivity index (χ1n) is 9.51. The zero-order chi connectivity index (χ0) is 22.9. The molecular formula is C23H19BrN2O4S2. The van der Waals surface area contributed by atoms with E-state index < -0.39 is 10.0 Å². The van der Waals surface area contributed by atoms with Crippen molar-refractivity contribution in [1.82, 2.24) is 0 Å². The summed E-state index contributed by atoms with van der Waals surface area (Å²) in [6, 6.07) is 20.7. The second-order valence-corrected chi connectivity index (χ2v) is 10.9. The molecule has 4 aromatic rings. The minimum absolute atomic E-state index is 0.201. The van der Waals surface area contributed by atoms with Gasteiger partial charge in [-0.3, -0.25) is 9.10 Å². The van der Waals surface area contributed by atoms with Gasteiger partial charge in [-0.1, -0.05) is 22.0 Å². The number of nitrogens with one attached hydrogen (secondary N) is 1. The number of carbonyl (C=O) groups excluding carboxylic acids is 1. The smallest absolute Gasteiger partial charge is 0.265 e. The third kappa shape index (κ3) is 4.50. The van der Waals surface area contributed by atoms with E-state index in [1.54, 1.807) is 73.8 Å². The van der Waals surface area contributed by atoms with Crippen LogP contribution in [0.15, 0.2) is 82.2 Å². The van der Waals surface area contributed by atoms with E-state index in [2.05, 4.69) is 21.2 Å². The van der Waals surface area contributed by atoms with Crippen LogP contribution < -0.4 is 14.4 Å². The summed E-state index contributed by atoms with van der Waals surface area (Å²) in [5.74, 6) is 0.413. The first-order chi connectivity index (χ1) is 15.3. The molecule has 4 rings (SSSR count). The number of benzene rings is 3. The van der Waals surface area contributed by atoms with Gasteiger partial charge in [0.2, 0.25) is 0 Å². The fraction of sp³-hybridized carbons (Fsp3) is 0.0870. The van der Waals surface area contributed by atoms with Gasteiger partial charge in [0.1, 0.15) is 5.75 Å². The van der Waals surface area contributed by atoms with E-state index in [0.29, 0.717) is 22.0 Å².